The number of hydrogen-bond donors (Lipinski definition) is 1. The number of aryl methyl sites for hydroxylation is 3. The Labute approximate surface area is 163 Å². The van der Waals surface area contributed by atoms with Gasteiger partial charge in [0, 0.05) is 15.1 Å². The van der Waals surface area contributed by atoms with Crippen LogP contribution in [0.1, 0.15) is 36.1 Å². The van der Waals surface area contributed by atoms with Crippen molar-refractivity contribution in [3.63, 3.8) is 0 Å². The van der Waals surface area contributed by atoms with Crippen LogP contribution in [0.25, 0.3) is 0 Å². The number of halogens is 1. The van der Waals surface area contributed by atoms with Gasteiger partial charge in [-0.15, -0.1) is 34.0 Å². The number of carbonyl (C=O) groups is 1. The van der Waals surface area contributed by atoms with E-state index in [4.69, 9.17) is 5.11 Å². The highest BCUT2D eigenvalue weighted by atomic mass is 79.9. The molecular weight excluding hydrogens is 424 g/mol. The van der Waals surface area contributed by atoms with Crippen molar-refractivity contribution in [1.82, 2.24) is 0 Å². The highest BCUT2D eigenvalue weighted by Gasteiger charge is 1.95. The van der Waals surface area contributed by atoms with Gasteiger partial charge in [0.15, 0.2) is 6.29 Å². The number of alkyl halides is 1. The Kier molecular flexibility index (Phi) is 10.4. The van der Waals surface area contributed by atoms with Gasteiger partial charge in [-0.1, -0.05) is 15.9 Å². The molecule has 3 heterocycles. The third kappa shape index (κ3) is 6.99. The maximum Gasteiger partial charge on any atom is 0.160 e. The zero-order valence-corrected chi connectivity index (χ0v) is 17.9. The molecule has 3 aromatic heterocycles. The molecule has 0 saturated carbocycles. The summed E-state index contributed by atoms with van der Waals surface area (Å²) in [5.41, 5.74) is 3.66. The van der Waals surface area contributed by atoms with E-state index in [1.165, 1.54) is 27.3 Å². The Morgan fingerprint density at radius 2 is 1.42 bits per heavy atom. The molecule has 0 atom stereocenters. The zero-order valence-electron chi connectivity index (χ0n) is 13.9. The van der Waals surface area contributed by atoms with Crippen LogP contribution >= 0.6 is 49.9 Å². The molecule has 6 heteroatoms. The van der Waals surface area contributed by atoms with Crippen molar-refractivity contribution < 1.29 is 9.90 Å². The summed E-state index contributed by atoms with van der Waals surface area (Å²) in [6.07, 6.45) is 0.889. The minimum absolute atomic E-state index is 0.184. The molecule has 0 bridgehead atoms. The minimum Gasteiger partial charge on any atom is -0.391 e. The number of rotatable bonds is 3. The zero-order chi connectivity index (χ0) is 17.9. The van der Waals surface area contributed by atoms with Crippen LogP contribution in [0.2, 0.25) is 0 Å². The van der Waals surface area contributed by atoms with Crippen LogP contribution in [0.5, 0.6) is 0 Å². The van der Waals surface area contributed by atoms with E-state index in [1.54, 1.807) is 22.7 Å². The third-order valence-electron chi connectivity index (χ3n) is 3.21. The van der Waals surface area contributed by atoms with Crippen molar-refractivity contribution >= 4 is 56.2 Å². The summed E-state index contributed by atoms with van der Waals surface area (Å²) in [5.74, 6) is 0. The molecule has 0 saturated heterocycles. The van der Waals surface area contributed by atoms with Gasteiger partial charge < -0.3 is 5.11 Å². The van der Waals surface area contributed by atoms with Gasteiger partial charge in [-0.05, 0) is 71.8 Å². The lowest BCUT2D eigenvalue weighted by Gasteiger charge is -1.87. The molecule has 1 N–H and O–H groups in total. The topological polar surface area (TPSA) is 37.3 Å². The predicted molar refractivity (Wildman–Crippen MR) is 111 cm³/mol. The van der Waals surface area contributed by atoms with E-state index in [2.05, 4.69) is 34.3 Å². The summed E-state index contributed by atoms with van der Waals surface area (Å²) in [4.78, 5) is 13.4. The van der Waals surface area contributed by atoms with Crippen LogP contribution in [0, 0.1) is 20.8 Å². The molecule has 0 aliphatic rings. The maximum atomic E-state index is 10.1. The van der Waals surface area contributed by atoms with Gasteiger partial charge in [-0.2, -0.15) is 0 Å². The second-order valence-electron chi connectivity index (χ2n) is 4.93. The van der Waals surface area contributed by atoms with E-state index >= 15 is 0 Å². The Hall–Kier alpha value is -0.790. The maximum absolute atomic E-state index is 10.1. The van der Waals surface area contributed by atoms with Crippen LogP contribution in [-0.2, 0) is 11.9 Å². The molecule has 0 aliphatic carbocycles. The molecule has 3 aromatic rings. The van der Waals surface area contributed by atoms with E-state index in [0.717, 1.165) is 26.9 Å². The van der Waals surface area contributed by atoms with Gasteiger partial charge in [-0.25, -0.2) is 0 Å². The molecule has 0 fully saturated rings. The number of thiophene rings is 3. The molecule has 0 unspecified atom stereocenters. The number of aliphatic hydroxyl groups excluding tert-OH is 1. The Bertz CT molecular complexity index is 688. The van der Waals surface area contributed by atoms with Crippen LogP contribution in [0.3, 0.4) is 0 Å². The second-order valence-corrected chi connectivity index (χ2v) is 8.44. The third-order valence-corrected chi connectivity index (χ3v) is 7.12. The van der Waals surface area contributed by atoms with E-state index in [0.29, 0.717) is 0 Å². The number of aldehydes is 1. The van der Waals surface area contributed by atoms with Gasteiger partial charge >= 0.3 is 0 Å². The highest BCUT2D eigenvalue weighted by molar-refractivity contribution is 9.08. The van der Waals surface area contributed by atoms with E-state index < -0.39 is 0 Å². The van der Waals surface area contributed by atoms with Crippen LogP contribution in [0.15, 0.2) is 34.3 Å². The van der Waals surface area contributed by atoms with Crippen LogP contribution in [-0.4, -0.2) is 11.4 Å². The van der Waals surface area contributed by atoms with Crippen molar-refractivity contribution in [2.24, 2.45) is 0 Å². The van der Waals surface area contributed by atoms with E-state index in [9.17, 15) is 4.79 Å². The van der Waals surface area contributed by atoms with Gasteiger partial charge in [0.1, 0.15) is 0 Å². The first-order valence-electron chi connectivity index (χ1n) is 7.25. The Morgan fingerprint density at radius 3 is 1.62 bits per heavy atom. The first-order chi connectivity index (χ1) is 11.5. The molecule has 3 rings (SSSR count). The van der Waals surface area contributed by atoms with Gasteiger partial charge in [0.25, 0.3) is 0 Å². The fourth-order valence-electron chi connectivity index (χ4n) is 1.61. The summed E-state index contributed by atoms with van der Waals surface area (Å²) in [7, 11) is 0. The lowest BCUT2D eigenvalue weighted by Crippen LogP contribution is -1.76. The summed E-state index contributed by atoms with van der Waals surface area (Å²) < 4.78 is 0. The van der Waals surface area contributed by atoms with Gasteiger partial charge in [0.2, 0.25) is 0 Å². The molecule has 0 aromatic carbocycles. The van der Waals surface area contributed by atoms with Gasteiger partial charge in [0.05, 0.1) is 11.5 Å². The standard InChI is InChI=1S/C6H7BrS.C6H8OS.C6H6OS/c3*1-5-2-3-8-6(5)4-7/h2-3H,4H2,1H3;2-3,7H,4H2,1H3;2-4H,1H3. The fraction of sp³-hybridized carbons (Fsp3) is 0.278. The fourth-order valence-corrected chi connectivity index (χ4v) is 4.70. The smallest absolute Gasteiger partial charge is 0.160 e. The van der Waals surface area contributed by atoms with Crippen molar-refractivity contribution in [2.75, 3.05) is 0 Å². The van der Waals surface area contributed by atoms with Crippen molar-refractivity contribution in [3.05, 3.63) is 65.7 Å². The quantitative estimate of drug-likeness (QED) is 0.376. The normalized spacial score (nSPS) is 9.54. The minimum atomic E-state index is 0.184. The first-order valence-corrected chi connectivity index (χ1v) is 11.0. The SMILES string of the molecule is Cc1ccsc1C=O.Cc1ccsc1CBr.Cc1ccsc1CO. The lowest BCUT2D eigenvalue weighted by molar-refractivity contribution is 0.112. The molecule has 24 heavy (non-hydrogen) atoms. The highest BCUT2D eigenvalue weighted by Crippen LogP contribution is 2.17. The molecule has 0 amide bonds. The summed E-state index contributed by atoms with van der Waals surface area (Å²) >= 11 is 8.28. The van der Waals surface area contributed by atoms with Crippen LogP contribution < -0.4 is 0 Å². The van der Waals surface area contributed by atoms with Crippen LogP contribution in [0.4, 0.5) is 0 Å². The van der Waals surface area contributed by atoms with E-state index in [-0.39, 0.29) is 6.61 Å². The monoisotopic (exact) mass is 444 g/mol. The van der Waals surface area contributed by atoms with E-state index in [1.807, 2.05) is 36.7 Å². The second kappa shape index (κ2) is 11.7. The van der Waals surface area contributed by atoms with Crippen molar-refractivity contribution in [2.45, 2.75) is 32.7 Å². The summed E-state index contributed by atoms with van der Waals surface area (Å²) in [6, 6.07) is 6.09. The molecule has 130 valence electrons. The van der Waals surface area contributed by atoms with Crippen molar-refractivity contribution in [1.29, 1.82) is 0 Å². The molecule has 2 nitrogen and oxygen atoms in total. The average Bonchev–Trinajstić information content (AvgIpc) is 3.29. The van der Waals surface area contributed by atoms with Crippen molar-refractivity contribution in [3.8, 4) is 0 Å². The molecule has 0 aliphatic heterocycles. The summed E-state index contributed by atoms with van der Waals surface area (Å²) in [5, 5.41) is 15.6. The Balaban J connectivity index is 0.000000180. The van der Waals surface area contributed by atoms with Gasteiger partial charge in [-0.3, -0.25) is 4.79 Å². The number of carbonyl (C=O) groups excluding carboxylic acids is 1. The molecule has 0 radical (unpaired) electrons. The predicted octanol–water partition coefficient (Wildman–Crippen LogP) is 6.37. The average molecular weight is 445 g/mol. The molecular formula is C18H21BrO2S3. The number of aliphatic hydroxyl groups is 1. The summed E-state index contributed by atoms with van der Waals surface area (Å²) in [6.45, 7) is 6.25. The lowest BCUT2D eigenvalue weighted by atomic mass is 10.3. The molecule has 0 spiro atoms. The number of hydrogen-bond acceptors (Lipinski definition) is 5. The Morgan fingerprint density at radius 1 is 0.917 bits per heavy atom. The first kappa shape index (κ1) is 21.3. The largest absolute Gasteiger partial charge is 0.391 e.